The normalized spacial score (nSPS) is 11.8. The third kappa shape index (κ3) is 22.3. The number of hydrogen-bond donors (Lipinski definition) is 2. The largest absolute Gasteiger partial charge is 3.00 e. The molecule has 10 aromatic rings. The zero-order valence-corrected chi connectivity index (χ0v) is 73.4. The fourth-order valence-electron chi connectivity index (χ4n) is 8.82. The molecule has 52 heteroatoms. The van der Waals surface area contributed by atoms with E-state index in [9.17, 15) is 129 Å². The summed E-state index contributed by atoms with van der Waals surface area (Å²) in [6, 6.07) is 22.0. The fraction of sp³-hybridized carbons (Fsp3) is 0. The predicted molar refractivity (Wildman–Crippen MR) is 307 cm³/mol. The van der Waals surface area contributed by atoms with Gasteiger partial charge in [0.25, 0.3) is 31.6 Å². The second-order valence-electron chi connectivity index (χ2n) is 19.1. The molecule has 502 valence electrons. The van der Waals surface area contributed by atoms with E-state index in [1.165, 1.54) is 24.3 Å². The maximum atomic E-state index is 13.7. The Labute approximate surface area is 749 Å². The van der Waals surface area contributed by atoms with E-state index < -0.39 is 201 Å². The van der Waals surface area contributed by atoms with Crippen LogP contribution in [0.15, 0.2) is 204 Å². The molecule has 0 saturated heterocycles. The van der Waals surface area contributed by atoms with Crippen LogP contribution in [0.25, 0.3) is 43.1 Å². The molecule has 0 aromatic heterocycles. The Hall–Kier alpha value is -3.79. The van der Waals surface area contributed by atoms with Gasteiger partial charge in [0.05, 0.1) is 74.9 Å². The molecule has 0 aliphatic rings. The van der Waals surface area contributed by atoms with Crippen LogP contribution >= 0.6 is 0 Å². The van der Waals surface area contributed by atoms with Gasteiger partial charge in [0.1, 0.15) is 50.3 Å². The molecule has 2 N–H and O–H groups in total. The Morgan fingerprint density at radius 1 is 0.317 bits per heavy atom. The molecule has 0 aliphatic heterocycles. The van der Waals surface area contributed by atoms with E-state index >= 15 is 0 Å². The third-order valence-electron chi connectivity index (χ3n) is 13.1. The zero-order chi connectivity index (χ0) is 70.7. The maximum Gasteiger partial charge on any atom is 3.00 e. The smallest absolute Gasteiger partial charge is 0.871 e. The number of benzene rings is 10. The van der Waals surface area contributed by atoms with Gasteiger partial charge in [-0.1, -0.05) is 95.8 Å². The van der Waals surface area contributed by atoms with Crippen LogP contribution in [0.2, 0.25) is 0 Å². The van der Waals surface area contributed by atoms with Crippen molar-refractivity contribution in [1.82, 2.24) is 0 Å². The molecule has 0 radical (unpaired) electrons. The van der Waals surface area contributed by atoms with E-state index in [0.717, 1.165) is 12.1 Å². The number of hydrogen-bond acceptors (Lipinski definition) is 34. The van der Waals surface area contributed by atoms with Crippen LogP contribution in [0.5, 0.6) is 34.5 Å². The molecule has 0 fully saturated rings. The van der Waals surface area contributed by atoms with Gasteiger partial charge in [-0.05, 0) is 70.1 Å². The Balaban J connectivity index is 0.000000966. The van der Waals surface area contributed by atoms with Gasteiger partial charge in [0, 0.05) is 45.2 Å². The van der Waals surface area contributed by atoms with Crippen LogP contribution in [-0.4, -0.2) is 87.7 Å². The number of nitro benzene ring substituents is 2. The summed E-state index contributed by atoms with van der Waals surface area (Å²) < 4.78 is 210. The Bertz CT molecular complexity index is 5620. The number of nitro groups is 2. The van der Waals surface area contributed by atoms with Crippen molar-refractivity contribution < 1.29 is 342 Å². The summed E-state index contributed by atoms with van der Waals surface area (Å²) >= 11 is 0. The van der Waals surface area contributed by atoms with Crippen LogP contribution in [0.3, 0.4) is 0 Å². The standard InChI is InChI=1S/2C26H17N5O14S3.Co.7Na/c2*32-20-6-5-12-3-1-2-4-16(12)23(20)29-27-17-9-14(46(37,38)39)7-13-8-21(48(43,44)45)24(26(34)22(13)17)30-28-18-10-15(47(40,41)42)11-19(25(18)33)31(35)36;;;;;;;;/h2*1-11,32-34H,(H,37,38,39)(H,40,41,42)(H,43,44,45);;;;;;;;/q;;+3;7*+1/p-10. The van der Waals surface area contributed by atoms with Gasteiger partial charge >= 0.3 is 224 Å². The van der Waals surface area contributed by atoms with Gasteiger partial charge in [-0.3, -0.25) is 29.3 Å². The van der Waals surface area contributed by atoms with Crippen molar-refractivity contribution in [3.05, 3.63) is 154 Å². The van der Waals surface area contributed by atoms with Gasteiger partial charge in [0.2, 0.25) is 0 Å². The topological polar surface area (TPSA) is 661 Å². The summed E-state index contributed by atoms with van der Waals surface area (Å²) in [6.45, 7) is 0. The quantitative estimate of drug-likeness (QED) is 0.0298. The summed E-state index contributed by atoms with van der Waals surface area (Å²) in [7, 11) is -32.5. The Kier molecular flexibility index (Phi) is 36.1. The van der Waals surface area contributed by atoms with Crippen molar-refractivity contribution in [1.29, 1.82) is 0 Å². The summed E-state index contributed by atoms with van der Waals surface area (Å²) in [5, 5.41) is 128. The van der Waals surface area contributed by atoms with Gasteiger partial charge in [-0.2, -0.15) is 37.3 Å². The minimum Gasteiger partial charge on any atom is -0.871 e. The molecule has 10 aromatic carbocycles. The summed E-state index contributed by atoms with van der Waals surface area (Å²) in [6.07, 6.45) is 0. The molecule has 0 spiro atoms. The number of azo groups is 4. The Morgan fingerprint density at radius 3 is 0.971 bits per heavy atom. The van der Waals surface area contributed by atoms with Crippen molar-refractivity contribution in [3.8, 4) is 34.5 Å². The van der Waals surface area contributed by atoms with Crippen molar-refractivity contribution >= 4 is 161 Å². The van der Waals surface area contributed by atoms with Gasteiger partial charge in [-0.15, -0.1) is 20.5 Å². The molecule has 10 rings (SSSR count). The Morgan fingerprint density at radius 2 is 0.625 bits per heavy atom. The number of rotatable bonds is 16. The fourth-order valence-corrected chi connectivity index (χ4v) is 12.2. The molecule has 0 atom stereocenters. The molecule has 0 saturated carbocycles. The van der Waals surface area contributed by atoms with E-state index in [2.05, 4.69) is 40.9 Å². The first-order chi connectivity index (χ1) is 44.5. The molecule has 0 amide bonds. The van der Waals surface area contributed by atoms with Crippen LogP contribution in [0, 0.1) is 20.2 Å². The van der Waals surface area contributed by atoms with E-state index in [4.69, 9.17) is 0 Å². The van der Waals surface area contributed by atoms with Crippen LogP contribution in [0.1, 0.15) is 0 Å². The van der Waals surface area contributed by atoms with E-state index in [1.54, 1.807) is 36.4 Å². The molecule has 0 bridgehead atoms. The molecule has 38 nitrogen and oxygen atoms in total. The summed E-state index contributed by atoms with van der Waals surface area (Å²) in [5.74, 6) is -7.59. The second-order valence-corrected chi connectivity index (χ2v) is 27.4. The molecular formula is C52H24CoN10Na7O28S6. The van der Waals surface area contributed by atoms with E-state index in [0.29, 0.717) is 53.2 Å². The van der Waals surface area contributed by atoms with Crippen LogP contribution in [0.4, 0.5) is 56.9 Å². The van der Waals surface area contributed by atoms with Crippen molar-refractivity contribution in [2.24, 2.45) is 40.9 Å². The van der Waals surface area contributed by atoms with Crippen molar-refractivity contribution in [2.75, 3.05) is 0 Å². The van der Waals surface area contributed by atoms with Crippen molar-refractivity contribution in [3.63, 3.8) is 0 Å². The predicted octanol–water partition coefficient (Wildman–Crippen LogP) is -15.0. The first-order valence-corrected chi connectivity index (χ1v) is 33.5. The average Bonchev–Trinajstić information content (AvgIpc) is 0.757. The van der Waals surface area contributed by atoms with E-state index in [-0.39, 0.29) is 264 Å². The minimum atomic E-state index is -5.72. The van der Waals surface area contributed by atoms with Crippen LogP contribution < -0.4 is 238 Å². The molecular weight excluding hydrogens is 1620 g/mol. The van der Waals surface area contributed by atoms with Crippen LogP contribution in [-0.2, 0) is 77.5 Å². The summed E-state index contributed by atoms with van der Waals surface area (Å²) in [4.78, 5) is 12.4. The maximum absolute atomic E-state index is 13.7. The molecule has 104 heavy (non-hydrogen) atoms. The molecule has 0 heterocycles. The minimum absolute atomic E-state index is 0. The van der Waals surface area contributed by atoms with Gasteiger partial charge in [0.15, 0.2) is 0 Å². The van der Waals surface area contributed by atoms with Gasteiger partial charge in [-0.25, -0.2) is 33.7 Å². The monoisotopic (exact) mass is 1650 g/mol. The first-order valence-electron chi connectivity index (χ1n) is 25.0. The molecule has 0 unspecified atom stereocenters. The number of fused-ring (bicyclic) bond motifs is 4. The zero-order valence-electron chi connectivity index (χ0n) is 53.5. The average molecular weight is 1650 g/mol. The molecule has 0 aliphatic carbocycles. The van der Waals surface area contributed by atoms with Crippen molar-refractivity contribution in [2.45, 2.75) is 29.4 Å². The third-order valence-corrected chi connectivity index (χ3v) is 18.1. The second kappa shape index (κ2) is 38.2. The SMILES string of the molecule is O=[N+]([O-])c1cc(S(=O)(=O)O)cc(N=Nc2c(S(=O)(=O)O)cc3cc(S(=O)(=O)[O-])cc(N=Nc4c([O-])ccc5ccccc45)c3c2[O-])c1[O-].O=[N+]([O-])c1cc(S(=O)(=O)[O-])cc(N=Nc2c(S(=O)(=O)[O-])cc3cc(S(=O)(=O)[O-])cc(N=Nc4c([O-])ccc5ccccc45)c3c2[O-])c1[O-].[Co+3].[Na+].[Na+].[Na+].[Na+].[Na+].[Na+].[Na+]. The summed E-state index contributed by atoms with van der Waals surface area (Å²) in [5.41, 5.74) is -9.98. The van der Waals surface area contributed by atoms with Gasteiger partial charge < -0.3 is 48.9 Å². The van der Waals surface area contributed by atoms with E-state index in [1.807, 2.05) is 0 Å². The number of nitrogens with zero attached hydrogens (tertiary/aromatic N) is 10. The first kappa shape index (κ1) is 98.2.